The average Bonchev–Trinajstić information content (AvgIpc) is 3.34. The number of pyridine rings is 1. The first-order valence-electron chi connectivity index (χ1n) is 10.3. The molecule has 0 N–H and O–H groups in total. The first-order valence-corrected chi connectivity index (χ1v) is 12.2. The van der Waals surface area contributed by atoms with Gasteiger partial charge in [-0.25, -0.2) is 18.1 Å². The van der Waals surface area contributed by atoms with E-state index in [4.69, 9.17) is 9.47 Å². The van der Waals surface area contributed by atoms with E-state index in [1.54, 1.807) is 12.1 Å². The lowest BCUT2D eigenvalue weighted by Crippen LogP contribution is -2.17. The van der Waals surface area contributed by atoms with Crippen LogP contribution in [0.5, 0.6) is 0 Å². The Morgan fingerprint density at radius 3 is 2.79 bits per heavy atom. The van der Waals surface area contributed by atoms with E-state index in [0.29, 0.717) is 17.1 Å². The first kappa shape index (κ1) is 21.6. The molecule has 0 saturated heterocycles. The van der Waals surface area contributed by atoms with Crippen molar-refractivity contribution in [3.05, 3.63) is 95.2 Å². The van der Waals surface area contributed by atoms with Gasteiger partial charge in [0.25, 0.3) is 5.88 Å². The highest BCUT2D eigenvalue weighted by atomic mass is 32.2. The molecular formula is C23H19N5O5S. The molecule has 0 fully saturated rings. The number of hydrogen-bond acceptors (Lipinski definition) is 8. The molecule has 3 aromatic rings. The molecule has 0 amide bonds. The number of allylic oxidation sites excluding steroid dienone is 4. The molecule has 0 saturated carbocycles. The molecule has 1 aliphatic carbocycles. The van der Waals surface area contributed by atoms with Crippen molar-refractivity contribution >= 4 is 15.7 Å². The summed E-state index contributed by atoms with van der Waals surface area (Å²) in [5.41, 5.74) is 1.55. The Kier molecular flexibility index (Phi) is 5.46. The van der Waals surface area contributed by atoms with Crippen LogP contribution in [-0.4, -0.2) is 39.2 Å². The van der Waals surface area contributed by atoms with Crippen molar-refractivity contribution in [3.63, 3.8) is 0 Å². The molecule has 0 atom stereocenters. The summed E-state index contributed by atoms with van der Waals surface area (Å²) in [6.07, 6.45) is 16.1. The van der Waals surface area contributed by atoms with Gasteiger partial charge in [0.1, 0.15) is 12.0 Å². The predicted molar refractivity (Wildman–Crippen MR) is 123 cm³/mol. The summed E-state index contributed by atoms with van der Waals surface area (Å²) in [5.74, 6) is 0.833. The zero-order valence-electron chi connectivity index (χ0n) is 18.0. The molecular weight excluding hydrogens is 458 g/mol. The van der Waals surface area contributed by atoms with Crippen molar-refractivity contribution in [2.45, 2.75) is 17.9 Å². The van der Waals surface area contributed by atoms with Crippen molar-refractivity contribution in [2.75, 3.05) is 6.26 Å². The first-order chi connectivity index (χ1) is 16.4. The van der Waals surface area contributed by atoms with Gasteiger partial charge in [0.05, 0.1) is 11.9 Å². The fourth-order valence-corrected chi connectivity index (χ4v) is 4.08. The number of nitrogens with zero attached hydrogens (tertiary/aromatic N) is 5. The molecule has 0 aromatic carbocycles. The van der Waals surface area contributed by atoms with Gasteiger partial charge < -0.3 is 9.47 Å². The molecule has 3 aromatic heterocycles. The molecule has 4 heterocycles. The van der Waals surface area contributed by atoms with E-state index in [1.165, 1.54) is 52.6 Å². The average molecular weight is 478 g/mol. The lowest BCUT2D eigenvalue weighted by atomic mass is 10.0. The highest BCUT2D eigenvalue weighted by molar-refractivity contribution is 7.90. The molecule has 11 heteroatoms. The summed E-state index contributed by atoms with van der Waals surface area (Å²) < 4.78 is 38.1. The van der Waals surface area contributed by atoms with Crippen LogP contribution in [0.3, 0.4) is 0 Å². The summed E-state index contributed by atoms with van der Waals surface area (Å²) >= 11 is 0. The van der Waals surface area contributed by atoms with E-state index >= 15 is 0 Å². The fourth-order valence-electron chi connectivity index (χ4n) is 3.49. The molecule has 0 bridgehead atoms. The van der Waals surface area contributed by atoms with Crippen LogP contribution in [0.2, 0.25) is 0 Å². The quantitative estimate of drug-likeness (QED) is 0.551. The van der Waals surface area contributed by atoms with Gasteiger partial charge in [0.15, 0.2) is 32.6 Å². The molecule has 34 heavy (non-hydrogen) atoms. The minimum Gasteiger partial charge on any atom is -0.463 e. The van der Waals surface area contributed by atoms with E-state index in [2.05, 4.69) is 21.3 Å². The van der Waals surface area contributed by atoms with Crippen molar-refractivity contribution in [1.82, 2.24) is 24.5 Å². The summed E-state index contributed by atoms with van der Waals surface area (Å²) in [7, 11) is -3.51. The van der Waals surface area contributed by atoms with E-state index in [1.807, 2.05) is 12.2 Å². The van der Waals surface area contributed by atoms with E-state index in [0.717, 1.165) is 24.7 Å². The van der Waals surface area contributed by atoms with Gasteiger partial charge >= 0.3 is 0 Å². The summed E-state index contributed by atoms with van der Waals surface area (Å²) in [4.78, 5) is 16.6. The smallest absolute Gasteiger partial charge is 0.257 e. The van der Waals surface area contributed by atoms with Crippen LogP contribution in [0.4, 0.5) is 0 Å². The Morgan fingerprint density at radius 2 is 2.00 bits per heavy atom. The van der Waals surface area contributed by atoms with Gasteiger partial charge in [0.2, 0.25) is 5.43 Å². The second-order valence-electron chi connectivity index (χ2n) is 7.56. The van der Waals surface area contributed by atoms with Crippen LogP contribution >= 0.6 is 0 Å². The van der Waals surface area contributed by atoms with Crippen LogP contribution in [-0.2, 0) is 19.3 Å². The molecule has 2 aliphatic rings. The maximum absolute atomic E-state index is 12.7. The Balaban J connectivity index is 1.51. The van der Waals surface area contributed by atoms with Crippen molar-refractivity contribution in [2.24, 2.45) is 0 Å². The molecule has 0 radical (unpaired) electrons. The zero-order chi connectivity index (χ0) is 23.7. The Bertz CT molecular complexity index is 1560. The highest BCUT2D eigenvalue weighted by Gasteiger charge is 2.21. The normalized spacial score (nSPS) is 15.6. The van der Waals surface area contributed by atoms with Crippen LogP contribution in [0, 0.1) is 0 Å². The van der Waals surface area contributed by atoms with Gasteiger partial charge in [0, 0.05) is 30.8 Å². The second-order valence-corrected chi connectivity index (χ2v) is 9.52. The molecule has 10 nitrogen and oxygen atoms in total. The Labute approximate surface area is 194 Å². The summed E-state index contributed by atoms with van der Waals surface area (Å²) in [5, 5.41) is 8.63. The molecule has 0 spiro atoms. The lowest BCUT2D eigenvalue weighted by molar-refractivity contribution is 0.265. The van der Waals surface area contributed by atoms with Crippen LogP contribution < -0.4 is 5.43 Å². The monoisotopic (exact) mass is 477 g/mol. The van der Waals surface area contributed by atoms with Crippen LogP contribution in [0.25, 0.3) is 23.0 Å². The van der Waals surface area contributed by atoms with Crippen molar-refractivity contribution in [1.29, 1.82) is 0 Å². The number of ether oxygens (including phenoxy) is 2. The van der Waals surface area contributed by atoms with Crippen LogP contribution in [0.1, 0.15) is 12.8 Å². The third-order valence-corrected chi connectivity index (χ3v) is 6.14. The molecule has 0 unspecified atom stereocenters. The second kappa shape index (κ2) is 8.60. The lowest BCUT2D eigenvalue weighted by Gasteiger charge is -2.20. The SMILES string of the molecule is CS(=O)(=O)c1cc(-n2ccc(=O)c(-c3ccnn3C3=COC=C(C4=CC=CCC4)O3)n2)ccn1. The largest absolute Gasteiger partial charge is 0.463 e. The predicted octanol–water partition coefficient (Wildman–Crippen LogP) is 2.82. The van der Waals surface area contributed by atoms with Gasteiger partial charge in [-0.2, -0.15) is 14.9 Å². The van der Waals surface area contributed by atoms with E-state index in [9.17, 15) is 13.2 Å². The van der Waals surface area contributed by atoms with E-state index < -0.39 is 9.84 Å². The number of aromatic nitrogens is 5. The van der Waals surface area contributed by atoms with Crippen LogP contribution in [0.15, 0.2) is 94.8 Å². The van der Waals surface area contributed by atoms with Gasteiger partial charge in [-0.1, -0.05) is 18.2 Å². The Hall–Kier alpha value is -4.25. The summed E-state index contributed by atoms with van der Waals surface area (Å²) in [6.45, 7) is 0. The third kappa shape index (κ3) is 4.20. The minimum atomic E-state index is -3.51. The third-order valence-electron chi connectivity index (χ3n) is 5.15. The standard InChI is InChI=1S/C23H19N5O5S/c1-34(30,31)21-13-17(7-10-24-21)27-12-9-19(29)23(26-27)18-8-11-25-28(18)22-15-32-14-20(33-22)16-5-3-2-4-6-16/h2-3,5,7-15H,4,6H2,1H3. The number of rotatable bonds is 5. The van der Waals surface area contributed by atoms with Crippen molar-refractivity contribution < 1.29 is 17.9 Å². The van der Waals surface area contributed by atoms with E-state index in [-0.39, 0.29) is 22.0 Å². The number of sulfone groups is 1. The van der Waals surface area contributed by atoms with Gasteiger partial charge in [-0.15, -0.1) is 0 Å². The number of hydrogen-bond donors (Lipinski definition) is 0. The Morgan fingerprint density at radius 1 is 1.12 bits per heavy atom. The molecule has 5 rings (SSSR count). The zero-order valence-corrected chi connectivity index (χ0v) is 18.8. The summed E-state index contributed by atoms with van der Waals surface area (Å²) in [6, 6.07) is 5.96. The maximum atomic E-state index is 12.7. The fraction of sp³-hybridized carbons (Fsp3) is 0.130. The highest BCUT2D eigenvalue weighted by Crippen LogP contribution is 2.29. The van der Waals surface area contributed by atoms with Gasteiger partial charge in [-0.3, -0.25) is 4.79 Å². The topological polar surface area (TPSA) is 118 Å². The molecule has 172 valence electrons. The maximum Gasteiger partial charge on any atom is 0.257 e. The minimum absolute atomic E-state index is 0.0955. The van der Waals surface area contributed by atoms with Gasteiger partial charge in [-0.05, 0) is 30.5 Å². The molecule has 1 aliphatic heterocycles. The van der Waals surface area contributed by atoms with Crippen molar-refractivity contribution in [3.8, 4) is 17.1 Å².